The molecule has 2 N–H and O–H groups in total. The summed E-state index contributed by atoms with van der Waals surface area (Å²) in [6.45, 7) is 4.92. The van der Waals surface area contributed by atoms with Gasteiger partial charge >= 0.3 is 0 Å². The molecule has 0 atom stereocenters. The molecule has 1 saturated carbocycles. The zero-order valence-electron chi connectivity index (χ0n) is 16.8. The number of ether oxygens (including phenoxy) is 1. The fraction of sp³-hybridized carbons (Fsp3) is 0.500. The molecule has 0 aliphatic heterocycles. The van der Waals surface area contributed by atoms with Crippen molar-refractivity contribution in [2.24, 2.45) is 10.9 Å². The molecule has 0 amide bonds. The van der Waals surface area contributed by atoms with Crippen LogP contribution in [0, 0.1) is 5.92 Å². The van der Waals surface area contributed by atoms with Crippen LogP contribution in [0.1, 0.15) is 31.0 Å². The Balaban J connectivity index is 0.00000280. The molecule has 1 aromatic carbocycles. The van der Waals surface area contributed by atoms with Crippen molar-refractivity contribution in [1.82, 2.24) is 15.6 Å². The van der Waals surface area contributed by atoms with E-state index in [0.29, 0.717) is 13.1 Å². The first-order valence-corrected chi connectivity index (χ1v) is 10.4. The van der Waals surface area contributed by atoms with Crippen LogP contribution in [0.5, 0.6) is 5.75 Å². The predicted molar refractivity (Wildman–Crippen MR) is 128 cm³/mol. The van der Waals surface area contributed by atoms with Gasteiger partial charge < -0.3 is 20.3 Å². The van der Waals surface area contributed by atoms with Gasteiger partial charge in [-0.15, -0.1) is 35.3 Å². The molecule has 0 unspecified atom stereocenters. The van der Waals surface area contributed by atoms with Crippen LogP contribution >= 0.6 is 35.3 Å². The number of nitrogens with zero attached hydrogens (tertiary/aromatic N) is 3. The average molecular weight is 515 g/mol. The summed E-state index contributed by atoms with van der Waals surface area (Å²) in [6, 6.07) is 8.17. The zero-order valence-corrected chi connectivity index (χ0v) is 19.9. The number of aromatic nitrogens is 1. The monoisotopic (exact) mass is 515 g/mol. The van der Waals surface area contributed by atoms with Crippen molar-refractivity contribution in [1.29, 1.82) is 0 Å². The van der Waals surface area contributed by atoms with Gasteiger partial charge in [-0.1, -0.05) is 18.2 Å². The number of hydrogen-bond acceptors (Lipinski definition) is 5. The molecule has 2 aromatic rings. The van der Waals surface area contributed by atoms with E-state index in [1.165, 1.54) is 12.8 Å². The summed E-state index contributed by atoms with van der Waals surface area (Å²) in [4.78, 5) is 11.3. The van der Waals surface area contributed by atoms with Crippen molar-refractivity contribution < 1.29 is 4.74 Å². The van der Waals surface area contributed by atoms with Crippen LogP contribution in [0.15, 0.2) is 34.6 Å². The van der Waals surface area contributed by atoms with Crippen molar-refractivity contribution in [3.05, 3.63) is 40.9 Å². The third-order valence-corrected chi connectivity index (χ3v) is 5.31. The van der Waals surface area contributed by atoms with Crippen LogP contribution < -0.4 is 20.3 Å². The van der Waals surface area contributed by atoms with E-state index in [0.717, 1.165) is 47.2 Å². The Kier molecular flexibility index (Phi) is 9.30. The first kappa shape index (κ1) is 22.7. The molecule has 0 radical (unpaired) electrons. The Hall–Kier alpha value is -1.55. The van der Waals surface area contributed by atoms with Crippen LogP contribution in [0.4, 0.5) is 5.13 Å². The lowest BCUT2D eigenvalue weighted by Gasteiger charge is -2.12. The quantitative estimate of drug-likeness (QED) is 0.302. The normalized spacial score (nSPS) is 13.6. The molecule has 28 heavy (non-hydrogen) atoms. The Morgan fingerprint density at radius 2 is 2.07 bits per heavy atom. The lowest BCUT2D eigenvalue weighted by Crippen LogP contribution is -2.36. The van der Waals surface area contributed by atoms with E-state index in [1.54, 1.807) is 11.3 Å². The summed E-state index contributed by atoms with van der Waals surface area (Å²) in [5, 5.41) is 9.74. The number of para-hydroxylation sites is 1. The second-order valence-corrected chi connectivity index (χ2v) is 7.76. The summed E-state index contributed by atoms with van der Waals surface area (Å²) < 4.78 is 5.98. The number of hydrogen-bond donors (Lipinski definition) is 2. The fourth-order valence-electron chi connectivity index (χ4n) is 2.53. The number of aliphatic imine (C=N–C) groups is 1. The minimum atomic E-state index is 0. The van der Waals surface area contributed by atoms with Crippen molar-refractivity contribution >= 4 is 46.4 Å². The maximum atomic E-state index is 5.98. The lowest BCUT2D eigenvalue weighted by atomic mass is 10.2. The molecule has 0 saturated heterocycles. The molecule has 1 fully saturated rings. The van der Waals surface area contributed by atoms with Crippen LogP contribution in [0.3, 0.4) is 0 Å². The number of nitrogens with one attached hydrogen (secondary N) is 2. The smallest absolute Gasteiger partial charge is 0.191 e. The van der Waals surface area contributed by atoms with E-state index >= 15 is 0 Å². The zero-order chi connectivity index (χ0) is 19.1. The van der Waals surface area contributed by atoms with Crippen LogP contribution in [0.2, 0.25) is 0 Å². The molecule has 0 bridgehead atoms. The van der Waals surface area contributed by atoms with Gasteiger partial charge in [0.15, 0.2) is 11.1 Å². The van der Waals surface area contributed by atoms with Gasteiger partial charge in [0.2, 0.25) is 0 Å². The predicted octanol–water partition coefficient (Wildman–Crippen LogP) is 3.87. The minimum Gasteiger partial charge on any atom is -0.493 e. The highest BCUT2D eigenvalue weighted by atomic mass is 127. The Bertz CT molecular complexity index is 761. The van der Waals surface area contributed by atoms with Gasteiger partial charge in [0, 0.05) is 31.6 Å². The highest BCUT2D eigenvalue weighted by molar-refractivity contribution is 14.0. The first-order chi connectivity index (χ1) is 13.2. The average Bonchev–Trinajstić information content (AvgIpc) is 3.37. The maximum Gasteiger partial charge on any atom is 0.191 e. The summed E-state index contributed by atoms with van der Waals surface area (Å²) in [7, 11) is 4.01. The Morgan fingerprint density at radius 1 is 1.29 bits per heavy atom. The molecule has 3 rings (SSSR count). The third kappa shape index (κ3) is 7.12. The molecule has 6 nitrogen and oxygen atoms in total. The van der Waals surface area contributed by atoms with E-state index in [2.05, 4.69) is 34.0 Å². The summed E-state index contributed by atoms with van der Waals surface area (Å²) in [6.07, 6.45) is 2.59. The number of guanidine groups is 1. The van der Waals surface area contributed by atoms with Gasteiger partial charge in [-0.05, 0) is 31.7 Å². The number of rotatable bonds is 9. The lowest BCUT2D eigenvalue weighted by molar-refractivity contribution is 0.297. The van der Waals surface area contributed by atoms with Gasteiger partial charge in [0.1, 0.15) is 5.75 Å². The molecule has 1 aromatic heterocycles. The van der Waals surface area contributed by atoms with Crippen molar-refractivity contribution in [3.8, 4) is 5.75 Å². The van der Waals surface area contributed by atoms with E-state index in [-0.39, 0.29) is 24.0 Å². The highest BCUT2D eigenvalue weighted by Gasteiger charge is 2.22. The Labute approximate surface area is 188 Å². The van der Waals surface area contributed by atoms with Gasteiger partial charge in [-0.25, -0.2) is 9.98 Å². The molecule has 1 heterocycles. The van der Waals surface area contributed by atoms with Crippen LogP contribution in [-0.2, 0) is 13.1 Å². The molecular weight excluding hydrogens is 485 g/mol. The second-order valence-electron chi connectivity index (χ2n) is 6.93. The summed E-state index contributed by atoms with van der Waals surface area (Å²) in [5.74, 6) is 2.47. The molecule has 154 valence electrons. The van der Waals surface area contributed by atoms with Gasteiger partial charge in [0.25, 0.3) is 0 Å². The van der Waals surface area contributed by atoms with E-state index < -0.39 is 0 Å². The SMILES string of the molecule is CCNC(=NCc1ccccc1OCC1CC1)NCc1csc(N(C)C)n1.I. The van der Waals surface area contributed by atoms with E-state index in [1.807, 2.05) is 37.2 Å². The maximum absolute atomic E-state index is 5.98. The van der Waals surface area contributed by atoms with Crippen molar-refractivity contribution in [2.75, 3.05) is 32.1 Å². The molecule has 1 aliphatic rings. The number of halogens is 1. The van der Waals surface area contributed by atoms with Crippen LogP contribution in [0.25, 0.3) is 0 Å². The van der Waals surface area contributed by atoms with Gasteiger partial charge in [0.05, 0.1) is 25.4 Å². The minimum absolute atomic E-state index is 0. The first-order valence-electron chi connectivity index (χ1n) is 9.50. The number of benzene rings is 1. The number of anilines is 1. The van der Waals surface area contributed by atoms with Gasteiger partial charge in [-0.2, -0.15) is 0 Å². The Morgan fingerprint density at radius 3 is 2.75 bits per heavy atom. The molecule has 1 aliphatic carbocycles. The molecule has 0 spiro atoms. The topological polar surface area (TPSA) is 61.8 Å². The summed E-state index contributed by atoms with van der Waals surface area (Å²) >= 11 is 1.65. The highest BCUT2D eigenvalue weighted by Crippen LogP contribution is 2.30. The number of thiazole rings is 1. The van der Waals surface area contributed by atoms with Crippen LogP contribution in [-0.4, -0.2) is 38.2 Å². The fourth-order valence-corrected chi connectivity index (χ4v) is 3.29. The van der Waals surface area contributed by atoms with E-state index in [9.17, 15) is 0 Å². The third-order valence-electron chi connectivity index (χ3n) is 4.25. The van der Waals surface area contributed by atoms with Crippen molar-refractivity contribution in [2.45, 2.75) is 32.9 Å². The standard InChI is InChI=1S/C20H29N5OS.HI/c1-4-21-19(23-12-17-14-27-20(24-17)25(2)3)22-11-16-7-5-6-8-18(16)26-13-15-9-10-15;/h5-8,14-15H,4,9-13H2,1-3H3,(H2,21,22,23);1H. The van der Waals surface area contributed by atoms with Crippen molar-refractivity contribution in [3.63, 3.8) is 0 Å². The summed E-state index contributed by atoms with van der Waals surface area (Å²) in [5.41, 5.74) is 2.13. The molecule has 8 heteroatoms. The molecular formula is C20H30IN5OS. The van der Waals surface area contributed by atoms with Gasteiger partial charge in [-0.3, -0.25) is 0 Å². The van der Waals surface area contributed by atoms with E-state index in [4.69, 9.17) is 9.73 Å². The second kappa shape index (κ2) is 11.5. The largest absolute Gasteiger partial charge is 0.493 e.